The van der Waals surface area contributed by atoms with Gasteiger partial charge in [0.1, 0.15) is 0 Å². The minimum absolute atomic E-state index is 0.137. The highest BCUT2D eigenvalue weighted by Gasteiger charge is 2.20. The van der Waals surface area contributed by atoms with Gasteiger partial charge >= 0.3 is 11.8 Å². The Bertz CT molecular complexity index is 955. The van der Waals surface area contributed by atoms with Gasteiger partial charge in [0.2, 0.25) is 0 Å². The van der Waals surface area contributed by atoms with Crippen molar-refractivity contribution in [2.75, 3.05) is 5.32 Å². The van der Waals surface area contributed by atoms with Crippen LogP contribution in [0.3, 0.4) is 0 Å². The number of rotatable bonds is 5. The topological polar surface area (TPSA) is 99.7 Å². The second kappa shape index (κ2) is 10.5. The predicted molar refractivity (Wildman–Crippen MR) is 117 cm³/mol. The number of carbonyl (C=O) groups excluding carboxylic acids is 3. The highest BCUT2D eigenvalue weighted by atomic mass is 35.5. The lowest BCUT2D eigenvalue weighted by molar-refractivity contribution is -0.136. The van der Waals surface area contributed by atoms with Gasteiger partial charge in [0.05, 0.1) is 17.5 Å². The van der Waals surface area contributed by atoms with E-state index in [1.165, 1.54) is 12.6 Å². The van der Waals surface area contributed by atoms with Crippen LogP contribution in [0.4, 0.5) is 5.69 Å². The van der Waals surface area contributed by atoms with Crippen LogP contribution in [0.1, 0.15) is 48.0 Å². The summed E-state index contributed by atoms with van der Waals surface area (Å²) in [5, 5.41) is 9.71. The first-order chi connectivity index (χ1) is 14.5. The molecule has 1 saturated carbocycles. The summed E-state index contributed by atoms with van der Waals surface area (Å²) < 4.78 is 0. The Morgan fingerprint density at radius 2 is 1.63 bits per heavy atom. The average Bonchev–Trinajstić information content (AvgIpc) is 2.76. The molecule has 0 spiro atoms. The number of nitrogens with one attached hydrogen (secondary N) is 3. The van der Waals surface area contributed by atoms with Gasteiger partial charge in [-0.15, -0.1) is 0 Å². The molecule has 30 heavy (non-hydrogen) atoms. The third-order valence-electron chi connectivity index (χ3n) is 4.84. The summed E-state index contributed by atoms with van der Waals surface area (Å²) >= 11 is 6.01. The Balaban J connectivity index is 1.60. The van der Waals surface area contributed by atoms with Gasteiger partial charge in [-0.1, -0.05) is 61.2 Å². The standard InChI is InChI=1S/C22H23ClN4O3/c23-18-12-6-4-8-15(18)14-24-27-22(30)21(29)26-19-13-7-5-11-17(19)20(28)25-16-9-2-1-3-10-16/h4-8,11-14,16H,1-3,9-10H2,(H,25,28)(H,26,29)(H,27,30)/b24-14+. The maximum Gasteiger partial charge on any atom is 0.329 e. The van der Waals surface area contributed by atoms with Crippen molar-refractivity contribution in [1.82, 2.24) is 10.7 Å². The monoisotopic (exact) mass is 426 g/mol. The molecule has 7 nitrogen and oxygen atoms in total. The van der Waals surface area contributed by atoms with Crippen molar-refractivity contribution in [2.24, 2.45) is 5.10 Å². The van der Waals surface area contributed by atoms with Crippen LogP contribution in [0, 0.1) is 0 Å². The van der Waals surface area contributed by atoms with E-state index < -0.39 is 11.8 Å². The molecule has 0 atom stereocenters. The maximum absolute atomic E-state index is 12.6. The fourth-order valence-corrected chi connectivity index (χ4v) is 3.45. The molecular formula is C22H23ClN4O3. The summed E-state index contributed by atoms with van der Waals surface area (Å²) in [6, 6.07) is 13.7. The van der Waals surface area contributed by atoms with Crippen LogP contribution >= 0.6 is 11.6 Å². The first-order valence-corrected chi connectivity index (χ1v) is 10.2. The second-order valence-corrected chi connectivity index (χ2v) is 7.44. The van der Waals surface area contributed by atoms with E-state index in [4.69, 9.17) is 11.6 Å². The Morgan fingerprint density at radius 1 is 0.933 bits per heavy atom. The zero-order valence-electron chi connectivity index (χ0n) is 16.4. The Kier molecular flexibility index (Phi) is 7.57. The predicted octanol–water partition coefficient (Wildman–Crippen LogP) is 3.49. The first kappa shape index (κ1) is 21.5. The van der Waals surface area contributed by atoms with Crippen molar-refractivity contribution >= 4 is 41.2 Å². The summed E-state index contributed by atoms with van der Waals surface area (Å²) in [5.41, 5.74) is 3.33. The number of carbonyl (C=O) groups is 3. The van der Waals surface area contributed by atoms with E-state index in [9.17, 15) is 14.4 Å². The summed E-state index contributed by atoms with van der Waals surface area (Å²) in [7, 11) is 0. The Labute approximate surface area is 179 Å². The van der Waals surface area contributed by atoms with Crippen molar-refractivity contribution in [1.29, 1.82) is 0 Å². The van der Waals surface area contributed by atoms with Gasteiger partial charge in [-0.3, -0.25) is 14.4 Å². The molecule has 8 heteroatoms. The quantitative estimate of drug-likeness (QED) is 0.387. The van der Waals surface area contributed by atoms with E-state index >= 15 is 0 Å². The van der Waals surface area contributed by atoms with E-state index in [2.05, 4.69) is 21.2 Å². The SMILES string of the molecule is O=C(N/N=C/c1ccccc1Cl)C(=O)Nc1ccccc1C(=O)NC1CCCCC1. The molecule has 0 bridgehead atoms. The molecule has 0 saturated heterocycles. The first-order valence-electron chi connectivity index (χ1n) is 9.83. The average molecular weight is 427 g/mol. The molecule has 1 aliphatic rings. The lowest BCUT2D eigenvalue weighted by atomic mass is 9.95. The maximum atomic E-state index is 12.6. The van der Waals surface area contributed by atoms with Crippen molar-refractivity contribution < 1.29 is 14.4 Å². The molecule has 0 aliphatic heterocycles. The molecule has 1 aliphatic carbocycles. The summed E-state index contributed by atoms with van der Waals surface area (Å²) in [5.74, 6) is -2.15. The van der Waals surface area contributed by atoms with Crippen LogP contribution in [0.25, 0.3) is 0 Å². The Morgan fingerprint density at radius 3 is 2.40 bits per heavy atom. The minimum Gasteiger partial charge on any atom is -0.349 e. The van der Waals surface area contributed by atoms with Crippen molar-refractivity contribution in [3.63, 3.8) is 0 Å². The van der Waals surface area contributed by atoms with Crippen LogP contribution in [0.2, 0.25) is 5.02 Å². The molecular weight excluding hydrogens is 404 g/mol. The molecule has 2 aromatic rings. The number of anilines is 1. The van der Waals surface area contributed by atoms with Gasteiger partial charge in [-0.25, -0.2) is 5.43 Å². The number of hydrazone groups is 1. The van der Waals surface area contributed by atoms with Crippen molar-refractivity contribution in [3.8, 4) is 0 Å². The van der Waals surface area contributed by atoms with Gasteiger partial charge in [0.15, 0.2) is 0 Å². The normalized spacial score (nSPS) is 14.3. The van der Waals surface area contributed by atoms with Crippen LogP contribution in [-0.4, -0.2) is 30.0 Å². The van der Waals surface area contributed by atoms with E-state index in [0.717, 1.165) is 25.7 Å². The molecule has 0 unspecified atom stereocenters. The van der Waals surface area contributed by atoms with Crippen molar-refractivity contribution in [2.45, 2.75) is 38.1 Å². The molecule has 2 aromatic carbocycles. The number of amides is 3. The van der Waals surface area contributed by atoms with Gasteiger partial charge in [-0.05, 0) is 31.0 Å². The Hall–Kier alpha value is -3.19. The third kappa shape index (κ3) is 5.90. The smallest absolute Gasteiger partial charge is 0.329 e. The van der Waals surface area contributed by atoms with E-state index in [1.54, 1.807) is 48.5 Å². The summed E-state index contributed by atoms with van der Waals surface area (Å²) in [6.07, 6.45) is 6.63. The van der Waals surface area contributed by atoms with E-state index in [-0.39, 0.29) is 17.6 Å². The fraction of sp³-hybridized carbons (Fsp3) is 0.273. The number of hydrogen-bond donors (Lipinski definition) is 3. The van der Waals surface area contributed by atoms with Gasteiger partial charge < -0.3 is 10.6 Å². The molecule has 3 amide bonds. The number of hydrogen-bond acceptors (Lipinski definition) is 4. The van der Waals surface area contributed by atoms with Crippen LogP contribution < -0.4 is 16.1 Å². The molecule has 0 radical (unpaired) electrons. The van der Waals surface area contributed by atoms with E-state index in [1.807, 2.05) is 0 Å². The molecule has 1 fully saturated rings. The fourth-order valence-electron chi connectivity index (χ4n) is 3.27. The van der Waals surface area contributed by atoms with E-state index in [0.29, 0.717) is 16.1 Å². The van der Waals surface area contributed by atoms with Crippen LogP contribution in [0.15, 0.2) is 53.6 Å². The van der Waals surface area contributed by atoms with Crippen molar-refractivity contribution in [3.05, 3.63) is 64.7 Å². The zero-order valence-corrected chi connectivity index (χ0v) is 17.1. The highest BCUT2D eigenvalue weighted by molar-refractivity contribution is 6.40. The number of nitrogens with zero attached hydrogens (tertiary/aromatic N) is 1. The molecule has 0 aromatic heterocycles. The molecule has 3 rings (SSSR count). The third-order valence-corrected chi connectivity index (χ3v) is 5.19. The van der Waals surface area contributed by atoms with Crippen LogP contribution in [-0.2, 0) is 9.59 Å². The minimum atomic E-state index is -0.958. The summed E-state index contributed by atoms with van der Waals surface area (Å²) in [4.78, 5) is 36.9. The lowest BCUT2D eigenvalue weighted by Gasteiger charge is -2.23. The highest BCUT2D eigenvalue weighted by Crippen LogP contribution is 2.20. The number of halogens is 1. The molecule has 156 valence electrons. The molecule has 3 N–H and O–H groups in total. The van der Waals surface area contributed by atoms with Gasteiger partial charge in [0, 0.05) is 16.6 Å². The zero-order chi connectivity index (χ0) is 21.3. The summed E-state index contributed by atoms with van der Waals surface area (Å²) in [6.45, 7) is 0. The van der Waals surface area contributed by atoms with Gasteiger partial charge in [0.25, 0.3) is 5.91 Å². The van der Waals surface area contributed by atoms with Crippen LogP contribution in [0.5, 0.6) is 0 Å². The largest absolute Gasteiger partial charge is 0.349 e. The second-order valence-electron chi connectivity index (χ2n) is 7.03. The van der Waals surface area contributed by atoms with Gasteiger partial charge in [-0.2, -0.15) is 5.10 Å². The number of benzene rings is 2. The lowest BCUT2D eigenvalue weighted by Crippen LogP contribution is -2.37. The molecule has 0 heterocycles. The number of para-hydroxylation sites is 1.